The van der Waals surface area contributed by atoms with Crippen molar-refractivity contribution in [1.29, 1.82) is 0 Å². The van der Waals surface area contributed by atoms with E-state index in [1.165, 1.54) is 28.7 Å². The summed E-state index contributed by atoms with van der Waals surface area (Å²) in [6, 6.07) is 56.4. The normalized spacial score (nSPS) is 20.6. The Morgan fingerprint density at radius 1 is 0.422 bits per heavy atom. The molecule has 0 aromatic heterocycles. The minimum Gasteiger partial charge on any atom is -0.490 e. The van der Waals surface area contributed by atoms with Crippen molar-refractivity contribution in [3.8, 4) is 45.6 Å². The minimum atomic E-state index is -1.11. The first-order chi connectivity index (χ1) is 47.9. The zero-order valence-electron chi connectivity index (χ0n) is 64.8. The number of benzene rings is 8. The molecule has 0 amide bonds. The number of hydrogen-bond acceptors (Lipinski definition) is 9. The highest BCUT2D eigenvalue weighted by Crippen LogP contribution is 2.56. The largest absolute Gasteiger partial charge is 0.490 e. The second-order valence-corrected chi connectivity index (χ2v) is 33.8. The summed E-state index contributed by atoms with van der Waals surface area (Å²) in [4.78, 5) is 55.1. The zero-order chi connectivity index (χ0) is 74.2. The van der Waals surface area contributed by atoms with Crippen LogP contribution in [0.1, 0.15) is 249 Å². The van der Waals surface area contributed by atoms with Crippen LogP contribution in [0.4, 0.5) is 0 Å². The lowest BCUT2D eigenvalue weighted by molar-refractivity contribution is 0.0502. The van der Waals surface area contributed by atoms with Crippen molar-refractivity contribution in [3.05, 3.63) is 237 Å². The smallest absolute Gasteiger partial charge is 0.206 e. The number of ether oxygens (including phenoxy) is 5. The van der Waals surface area contributed by atoms with E-state index in [-0.39, 0.29) is 56.3 Å². The van der Waals surface area contributed by atoms with Gasteiger partial charge in [-0.2, -0.15) is 0 Å². The molecule has 8 aromatic carbocycles. The van der Waals surface area contributed by atoms with E-state index in [0.717, 1.165) is 82.7 Å². The molecule has 2 fully saturated rings. The molecule has 9 nitrogen and oxygen atoms in total. The molecule has 538 valence electrons. The van der Waals surface area contributed by atoms with E-state index < -0.39 is 29.6 Å². The number of hydrogen-bond donors (Lipinski definition) is 0. The molecule has 2 aliphatic carbocycles. The Bertz CT molecular complexity index is 4340. The Labute approximate surface area is 609 Å². The van der Waals surface area contributed by atoms with Gasteiger partial charge in [-0.1, -0.05) is 173 Å². The monoisotopic (exact) mass is 1370 g/mol. The zero-order valence-corrected chi connectivity index (χ0v) is 64.8. The van der Waals surface area contributed by atoms with Gasteiger partial charge in [0.2, 0.25) is 5.78 Å². The molecule has 10 rings (SSSR count). The Morgan fingerprint density at radius 3 is 1.07 bits per heavy atom. The van der Waals surface area contributed by atoms with Gasteiger partial charge in [-0.25, -0.2) is 0 Å². The number of carbonyl (C=O) groups excluding carboxylic acids is 4. The maximum atomic E-state index is 14.6. The topological polar surface area (TPSA) is 114 Å². The van der Waals surface area contributed by atoms with Crippen molar-refractivity contribution in [2.45, 2.75) is 225 Å². The lowest BCUT2D eigenvalue weighted by Gasteiger charge is -2.49. The van der Waals surface area contributed by atoms with Crippen molar-refractivity contribution >= 4 is 23.1 Å². The standard InChI is InChI=1S/C93H112O9/c1-22-91(21,102-83-46-38-77(50-63(83)9)93(54-59(5)52-90(19,20)56-93)76-37-45-82(62(8)49-76)101-88(14,15)16)87(97)73-29-25-69(26-30-73)68-23-27-71(28-24-68)85(95)64(10)66(12)98-80-43-35-74(47-60(80)6)92(53-58(4)51-89(17,18)55-92)75-36-44-81(61(7)48-75)99-67(13)65(11)86(96)72-33-41-79(42-34-72)100-78-39-31-70(32-40-78)84(94)57(2)3/h23-50,57-59,64-67H,22,51-56H2,1-21H3. The summed E-state index contributed by atoms with van der Waals surface area (Å²) in [5, 5.41) is 0. The summed E-state index contributed by atoms with van der Waals surface area (Å²) < 4.78 is 32.6. The van der Waals surface area contributed by atoms with Crippen LogP contribution in [0.5, 0.6) is 34.5 Å². The second kappa shape index (κ2) is 30.0. The molecule has 0 heterocycles. The van der Waals surface area contributed by atoms with Crippen LogP contribution in [0.25, 0.3) is 11.1 Å². The van der Waals surface area contributed by atoms with Crippen LogP contribution in [-0.4, -0.2) is 46.5 Å². The van der Waals surface area contributed by atoms with Crippen molar-refractivity contribution in [2.75, 3.05) is 0 Å². The predicted octanol–water partition coefficient (Wildman–Crippen LogP) is 23.7. The summed E-state index contributed by atoms with van der Waals surface area (Å²) in [5.41, 5.74) is 11.8. The van der Waals surface area contributed by atoms with E-state index in [1.54, 1.807) is 48.5 Å². The number of aryl methyl sites for hydroxylation is 4. The number of Topliss-reactive ketones (excluding diaryl/α,β-unsaturated/α-hetero) is 4. The third kappa shape index (κ3) is 16.9. The molecule has 0 saturated heterocycles. The lowest BCUT2D eigenvalue weighted by atomic mass is 9.55. The first-order valence-electron chi connectivity index (χ1n) is 37.3. The van der Waals surface area contributed by atoms with Crippen molar-refractivity contribution in [1.82, 2.24) is 0 Å². The molecule has 9 unspecified atom stereocenters. The van der Waals surface area contributed by atoms with Gasteiger partial charge in [0.1, 0.15) is 52.3 Å². The Kier molecular flexibility index (Phi) is 22.4. The van der Waals surface area contributed by atoms with Gasteiger partial charge < -0.3 is 23.7 Å². The molecule has 9 heteroatoms. The fraction of sp³-hybridized carbons (Fsp3) is 0.441. The van der Waals surface area contributed by atoms with Crippen LogP contribution in [0.15, 0.2) is 170 Å². The number of carbonyl (C=O) groups is 4. The second-order valence-electron chi connectivity index (χ2n) is 33.8. The van der Waals surface area contributed by atoms with Gasteiger partial charge in [0.05, 0.1) is 11.8 Å². The summed E-state index contributed by atoms with van der Waals surface area (Å²) in [7, 11) is 0. The van der Waals surface area contributed by atoms with Crippen LogP contribution in [-0.2, 0) is 10.8 Å². The molecule has 8 aromatic rings. The molecule has 0 spiro atoms. The maximum Gasteiger partial charge on any atom is 0.206 e. The maximum absolute atomic E-state index is 14.6. The Balaban J connectivity index is 0.770. The van der Waals surface area contributed by atoms with Gasteiger partial charge in [-0.05, 0) is 265 Å². The average Bonchev–Trinajstić information content (AvgIpc) is 0.745. The van der Waals surface area contributed by atoms with Gasteiger partial charge >= 0.3 is 0 Å². The summed E-state index contributed by atoms with van der Waals surface area (Å²) in [6.07, 6.45) is 5.97. The van der Waals surface area contributed by atoms with Crippen LogP contribution >= 0.6 is 0 Å². The highest BCUT2D eigenvalue weighted by molar-refractivity contribution is 6.03. The van der Waals surface area contributed by atoms with Crippen molar-refractivity contribution in [2.24, 2.45) is 40.4 Å². The molecule has 2 saturated carbocycles. The van der Waals surface area contributed by atoms with Gasteiger partial charge in [0, 0.05) is 39.0 Å². The van der Waals surface area contributed by atoms with Crippen molar-refractivity contribution in [3.63, 3.8) is 0 Å². The van der Waals surface area contributed by atoms with Gasteiger partial charge in [0.25, 0.3) is 0 Å². The van der Waals surface area contributed by atoms with E-state index >= 15 is 0 Å². The molecular formula is C93H112O9. The van der Waals surface area contributed by atoms with Gasteiger partial charge in [-0.15, -0.1) is 0 Å². The SMILES string of the molecule is CCC(C)(Oc1ccc(C2(c3ccc(OC(C)(C)C)c(C)c3)CC(C)CC(C)(C)C2)cc1C)C(=O)c1ccc(-c2ccc(C(=O)C(C)C(C)Oc3ccc(C4(c5ccc(OC(C)C(C)C(=O)c6ccc(Oc7ccc(C(=O)C(C)C)cc7)cc6)c(C)c5)CC(C)CC(C)(C)C4)cc3C)cc2)cc1. The molecule has 0 bridgehead atoms. The van der Waals surface area contributed by atoms with E-state index in [1.807, 2.05) is 104 Å². The first kappa shape index (κ1) is 76.1. The van der Waals surface area contributed by atoms with Crippen LogP contribution in [0, 0.1) is 68.1 Å². The summed E-state index contributed by atoms with van der Waals surface area (Å²) >= 11 is 0. The van der Waals surface area contributed by atoms with Crippen molar-refractivity contribution < 1.29 is 42.9 Å². The molecule has 102 heavy (non-hydrogen) atoms. The van der Waals surface area contributed by atoms with Gasteiger partial charge in [0.15, 0.2) is 23.0 Å². The fourth-order valence-electron chi connectivity index (χ4n) is 16.8. The summed E-state index contributed by atoms with van der Waals surface area (Å²) in [5.74, 6) is 4.37. The Morgan fingerprint density at radius 2 is 0.745 bits per heavy atom. The third-order valence-electron chi connectivity index (χ3n) is 22.1. The highest BCUT2D eigenvalue weighted by Gasteiger charge is 2.48. The molecule has 0 N–H and O–H groups in total. The average molecular weight is 1370 g/mol. The quantitative estimate of drug-likeness (QED) is 0.0516. The fourth-order valence-corrected chi connectivity index (χ4v) is 16.8. The predicted molar refractivity (Wildman–Crippen MR) is 415 cm³/mol. The number of rotatable bonds is 25. The molecule has 9 atom stereocenters. The third-order valence-corrected chi connectivity index (χ3v) is 22.1. The Hall–Kier alpha value is -8.56. The van der Waals surface area contributed by atoms with Crippen LogP contribution in [0.2, 0.25) is 0 Å². The van der Waals surface area contributed by atoms with Crippen LogP contribution < -0.4 is 23.7 Å². The number of ketones is 4. The van der Waals surface area contributed by atoms with E-state index in [9.17, 15) is 19.2 Å². The van der Waals surface area contributed by atoms with E-state index in [0.29, 0.717) is 57.8 Å². The molecule has 0 aliphatic heterocycles. The highest BCUT2D eigenvalue weighted by atomic mass is 16.5. The molecule has 2 aliphatic rings. The lowest BCUT2D eigenvalue weighted by Crippen LogP contribution is -2.42. The molecule has 0 radical (unpaired) electrons. The minimum absolute atomic E-state index is 0.000382. The van der Waals surface area contributed by atoms with Gasteiger partial charge in [-0.3, -0.25) is 19.2 Å². The van der Waals surface area contributed by atoms with E-state index in [4.69, 9.17) is 23.7 Å². The first-order valence-corrected chi connectivity index (χ1v) is 37.3. The molecular weight excluding hydrogens is 1260 g/mol. The van der Waals surface area contributed by atoms with E-state index in [2.05, 4.69) is 163 Å². The summed E-state index contributed by atoms with van der Waals surface area (Å²) in [6.45, 7) is 44.5. The van der Waals surface area contributed by atoms with Crippen LogP contribution in [0.3, 0.4) is 0 Å².